The van der Waals surface area contributed by atoms with E-state index in [1.54, 1.807) is 12.1 Å². The van der Waals surface area contributed by atoms with Crippen molar-refractivity contribution < 1.29 is 14.4 Å². The fourth-order valence-corrected chi connectivity index (χ4v) is 5.47. The van der Waals surface area contributed by atoms with E-state index in [2.05, 4.69) is 10.6 Å². The van der Waals surface area contributed by atoms with E-state index in [0.717, 1.165) is 36.5 Å². The second-order valence-corrected chi connectivity index (χ2v) is 9.97. The second kappa shape index (κ2) is 10.9. The Hall–Kier alpha value is -3.67. The molecule has 186 valence electrons. The molecule has 6 heteroatoms. The molecule has 2 fully saturated rings. The van der Waals surface area contributed by atoms with E-state index in [9.17, 15) is 14.4 Å². The number of nitrogens with one attached hydrogen (secondary N) is 2. The number of amides is 3. The maximum atomic E-state index is 13.1. The Kier molecular flexibility index (Phi) is 7.31. The molecule has 1 aliphatic carbocycles. The fourth-order valence-electron chi connectivity index (χ4n) is 5.47. The van der Waals surface area contributed by atoms with Crippen molar-refractivity contribution in [3.63, 3.8) is 0 Å². The van der Waals surface area contributed by atoms with Crippen LogP contribution >= 0.6 is 0 Å². The third-order valence-corrected chi connectivity index (χ3v) is 7.60. The zero-order chi connectivity index (χ0) is 24.9. The molecule has 6 nitrogen and oxygen atoms in total. The lowest BCUT2D eigenvalue weighted by atomic mass is 9.88. The maximum absolute atomic E-state index is 13.1. The molecule has 3 amide bonds. The van der Waals surface area contributed by atoms with Crippen LogP contribution in [0, 0.1) is 5.92 Å². The monoisotopic (exact) mass is 483 g/mol. The molecule has 1 aliphatic heterocycles. The van der Waals surface area contributed by atoms with Gasteiger partial charge in [0.15, 0.2) is 0 Å². The molecule has 3 aromatic rings. The summed E-state index contributed by atoms with van der Waals surface area (Å²) in [4.78, 5) is 40.8. The zero-order valence-corrected chi connectivity index (χ0v) is 20.5. The summed E-state index contributed by atoms with van der Waals surface area (Å²) in [6, 6.07) is 22.9. The first-order valence-electron chi connectivity index (χ1n) is 13.0. The molecule has 0 aromatic heterocycles. The SMILES string of the molecule is O=C(N[C@@H]1CCCCC1NC(=O)C1CCN(C(=O)c2ccc3ccccc3c2)CC1)c1ccccc1. The molecule has 5 rings (SSSR count). The quantitative estimate of drug-likeness (QED) is 0.559. The first-order valence-corrected chi connectivity index (χ1v) is 13.0. The van der Waals surface area contributed by atoms with Gasteiger partial charge in [-0.15, -0.1) is 0 Å². The average Bonchev–Trinajstić information content (AvgIpc) is 2.94. The number of fused-ring (bicyclic) bond motifs is 1. The van der Waals surface area contributed by atoms with Crippen molar-refractivity contribution >= 4 is 28.5 Å². The van der Waals surface area contributed by atoms with Gasteiger partial charge in [-0.05, 0) is 60.7 Å². The highest BCUT2D eigenvalue weighted by molar-refractivity contribution is 5.98. The van der Waals surface area contributed by atoms with Crippen LogP contribution in [0.15, 0.2) is 72.8 Å². The maximum Gasteiger partial charge on any atom is 0.253 e. The number of benzene rings is 3. The molecular formula is C30H33N3O3. The zero-order valence-electron chi connectivity index (χ0n) is 20.5. The first kappa shape index (κ1) is 24.0. The highest BCUT2D eigenvalue weighted by Gasteiger charge is 2.32. The predicted molar refractivity (Wildman–Crippen MR) is 141 cm³/mol. The number of carbonyl (C=O) groups is 3. The molecule has 1 unspecified atom stereocenters. The van der Waals surface area contributed by atoms with Gasteiger partial charge in [0.2, 0.25) is 5.91 Å². The van der Waals surface area contributed by atoms with Crippen LogP contribution in [0.1, 0.15) is 59.2 Å². The van der Waals surface area contributed by atoms with Gasteiger partial charge in [0.25, 0.3) is 11.8 Å². The van der Waals surface area contributed by atoms with Gasteiger partial charge in [-0.25, -0.2) is 0 Å². The summed E-state index contributed by atoms with van der Waals surface area (Å²) >= 11 is 0. The number of likely N-dealkylation sites (tertiary alicyclic amines) is 1. The number of rotatable bonds is 5. The standard InChI is InChI=1S/C30H33N3O3/c34-28(22-9-2-1-3-10-22)31-26-12-6-7-13-27(26)32-29(35)23-16-18-33(19-17-23)30(36)25-15-14-21-8-4-5-11-24(21)20-25/h1-5,8-11,14-15,20,23,26-27H,6-7,12-13,16-19H2,(H,31,34)(H,32,35)/t26-,27?/m1/s1. The summed E-state index contributed by atoms with van der Waals surface area (Å²) < 4.78 is 0. The Bertz CT molecular complexity index is 1230. The Morgan fingerprint density at radius 3 is 2.03 bits per heavy atom. The van der Waals surface area contributed by atoms with Crippen LogP contribution in [0.2, 0.25) is 0 Å². The van der Waals surface area contributed by atoms with E-state index in [4.69, 9.17) is 0 Å². The Balaban J connectivity index is 1.15. The van der Waals surface area contributed by atoms with Gasteiger partial charge in [-0.1, -0.05) is 61.4 Å². The van der Waals surface area contributed by atoms with E-state index in [-0.39, 0.29) is 35.7 Å². The number of nitrogens with zero attached hydrogens (tertiary/aromatic N) is 1. The van der Waals surface area contributed by atoms with Crippen LogP contribution in [0.3, 0.4) is 0 Å². The topological polar surface area (TPSA) is 78.5 Å². The molecule has 1 heterocycles. The number of piperidine rings is 1. The lowest BCUT2D eigenvalue weighted by Crippen LogP contribution is -2.55. The van der Waals surface area contributed by atoms with Crippen LogP contribution in [0.4, 0.5) is 0 Å². The molecule has 2 aliphatic rings. The van der Waals surface area contributed by atoms with Crippen molar-refractivity contribution in [1.82, 2.24) is 15.5 Å². The Labute approximate surface area is 212 Å². The highest BCUT2D eigenvalue weighted by atomic mass is 16.2. The van der Waals surface area contributed by atoms with Gasteiger partial charge in [0.05, 0.1) is 0 Å². The van der Waals surface area contributed by atoms with Gasteiger partial charge in [-0.3, -0.25) is 14.4 Å². The van der Waals surface area contributed by atoms with Crippen molar-refractivity contribution in [3.8, 4) is 0 Å². The van der Waals surface area contributed by atoms with Crippen LogP contribution < -0.4 is 10.6 Å². The summed E-state index contributed by atoms with van der Waals surface area (Å²) in [7, 11) is 0. The third kappa shape index (κ3) is 5.43. The number of hydrogen-bond acceptors (Lipinski definition) is 3. The minimum absolute atomic E-state index is 0.0237. The normalized spacial score (nSPS) is 20.6. The van der Waals surface area contributed by atoms with E-state index in [1.807, 2.05) is 65.6 Å². The molecule has 2 atom stereocenters. The van der Waals surface area contributed by atoms with E-state index >= 15 is 0 Å². The molecule has 36 heavy (non-hydrogen) atoms. The van der Waals surface area contributed by atoms with E-state index < -0.39 is 0 Å². The summed E-state index contributed by atoms with van der Waals surface area (Å²) in [6.45, 7) is 1.14. The minimum Gasteiger partial charge on any atom is -0.351 e. The summed E-state index contributed by atoms with van der Waals surface area (Å²) in [5.74, 6) is -0.144. The molecule has 1 saturated carbocycles. The first-order chi connectivity index (χ1) is 17.6. The van der Waals surface area contributed by atoms with Crippen LogP contribution in [-0.4, -0.2) is 47.8 Å². The molecule has 0 spiro atoms. The van der Waals surface area contributed by atoms with Crippen molar-refractivity contribution in [2.75, 3.05) is 13.1 Å². The van der Waals surface area contributed by atoms with Crippen molar-refractivity contribution in [3.05, 3.63) is 83.9 Å². The van der Waals surface area contributed by atoms with E-state index in [0.29, 0.717) is 37.1 Å². The van der Waals surface area contributed by atoms with Gasteiger partial charge >= 0.3 is 0 Å². The highest BCUT2D eigenvalue weighted by Crippen LogP contribution is 2.24. The average molecular weight is 484 g/mol. The Morgan fingerprint density at radius 2 is 1.31 bits per heavy atom. The lowest BCUT2D eigenvalue weighted by molar-refractivity contribution is -0.127. The van der Waals surface area contributed by atoms with Crippen LogP contribution in [0.5, 0.6) is 0 Å². The molecule has 0 radical (unpaired) electrons. The van der Waals surface area contributed by atoms with Crippen molar-refractivity contribution in [2.45, 2.75) is 50.6 Å². The molecule has 2 N–H and O–H groups in total. The fraction of sp³-hybridized carbons (Fsp3) is 0.367. The van der Waals surface area contributed by atoms with Crippen LogP contribution in [0.25, 0.3) is 10.8 Å². The second-order valence-electron chi connectivity index (χ2n) is 9.97. The molecule has 1 saturated heterocycles. The van der Waals surface area contributed by atoms with Gasteiger partial charge in [0.1, 0.15) is 0 Å². The number of hydrogen-bond donors (Lipinski definition) is 2. The molecular weight excluding hydrogens is 450 g/mol. The number of carbonyl (C=O) groups excluding carboxylic acids is 3. The Morgan fingerprint density at radius 1 is 0.667 bits per heavy atom. The molecule has 0 bridgehead atoms. The predicted octanol–water partition coefficient (Wildman–Crippen LogP) is 4.55. The summed E-state index contributed by atoms with van der Waals surface area (Å²) in [6.07, 6.45) is 5.12. The lowest BCUT2D eigenvalue weighted by Gasteiger charge is -2.36. The van der Waals surface area contributed by atoms with Gasteiger partial charge in [-0.2, -0.15) is 0 Å². The van der Waals surface area contributed by atoms with Crippen LogP contribution in [-0.2, 0) is 4.79 Å². The summed E-state index contributed by atoms with van der Waals surface area (Å²) in [5.41, 5.74) is 1.33. The van der Waals surface area contributed by atoms with Gasteiger partial charge < -0.3 is 15.5 Å². The smallest absolute Gasteiger partial charge is 0.253 e. The van der Waals surface area contributed by atoms with E-state index in [1.165, 1.54) is 0 Å². The van der Waals surface area contributed by atoms with Crippen molar-refractivity contribution in [2.24, 2.45) is 5.92 Å². The third-order valence-electron chi connectivity index (χ3n) is 7.60. The van der Waals surface area contributed by atoms with Crippen molar-refractivity contribution in [1.29, 1.82) is 0 Å². The molecule has 3 aromatic carbocycles. The summed E-state index contributed by atoms with van der Waals surface area (Å²) in [5, 5.41) is 8.54. The van der Waals surface area contributed by atoms with Gasteiger partial charge in [0, 0.05) is 42.2 Å². The minimum atomic E-state index is -0.113. The largest absolute Gasteiger partial charge is 0.351 e.